The van der Waals surface area contributed by atoms with Gasteiger partial charge in [0.05, 0.1) is 11.1 Å². The van der Waals surface area contributed by atoms with Crippen LogP contribution in [0.1, 0.15) is 5.56 Å². The fourth-order valence-corrected chi connectivity index (χ4v) is 7.10. The number of rotatable bonds is 5. The highest BCUT2D eigenvalue weighted by molar-refractivity contribution is 6.13. The Morgan fingerprint density at radius 2 is 1.00 bits per heavy atom. The maximum Gasteiger partial charge on any atom is 0.167 e. The van der Waals surface area contributed by atoms with Crippen LogP contribution in [-0.2, 0) is 0 Å². The van der Waals surface area contributed by atoms with E-state index in [2.05, 4.69) is 66.7 Å². The summed E-state index contributed by atoms with van der Waals surface area (Å²) in [5, 5.41) is 13.6. The molecule has 3 heterocycles. The molecule has 242 valence electrons. The molecule has 0 aliphatic heterocycles. The van der Waals surface area contributed by atoms with Crippen molar-refractivity contribution in [3.8, 4) is 62.5 Å². The van der Waals surface area contributed by atoms with Crippen molar-refractivity contribution in [1.29, 1.82) is 5.26 Å². The molecular formula is C46H26N4O2. The molecule has 3 aromatic heterocycles. The second-order valence-electron chi connectivity index (χ2n) is 12.7. The summed E-state index contributed by atoms with van der Waals surface area (Å²) >= 11 is 0. The highest BCUT2D eigenvalue weighted by atomic mass is 16.3. The third kappa shape index (κ3) is 4.84. The summed E-state index contributed by atoms with van der Waals surface area (Å²) in [6, 6.07) is 55.0. The van der Waals surface area contributed by atoms with E-state index in [4.69, 9.17) is 23.8 Å². The number of furan rings is 2. The van der Waals surface area contributed by atoms with E-state index < -0.39 is 0 Å². The molecule has 6 nitrogen and oxygen atoms in total. The van der Waals surface area contributed by atoms with Crippen molar-refractivity contribution in [2.45, 2.75) is 0 Å². The standard InChI is InChI=1S/C46H26N4O2/c47-27-33-14-7-16-35-36-17-8-18-38(43(36)52-42(33)35)46-49-44(31-12-5-2-6-13-31)48-45(50-46)32-24-25-37-40(26-32)51-39-19-9-15-34(41(37)39)30-22-20-29(21-23-30)28-10-3-1-4-11-28/h1-26H. The first kappa shape index (κ1) is 29.5. The van der Waals surface area contributed by atoms with Crippen LogP contribution in [0.4, 0.5) is 0 Å². The molecule has 0 bridgehead atoms. The lowest BCUT2D eigenvalue weighted by Crippen LogP contribution is -2.00. The number of hydrogen-bond acceptors (Lipinski definition) is 6. The van der Waals surface area contributed by atoms with Crippen molar-refractivity contribution in [3.63, 3.8) is 0 Å². The van der Waals surface area contributed by atoms with Gasteiger partial charge in [0.15, 0.2) is 23.1 Å². The number of fused-ring (bicyclic) bond motifs is 6. The number of aromatic nitrogens is 3. The van der Waals surface area contributed by atoms with E-state index in [1.165, 1.54) is 11.1 Å². The van der Waals surface area contributed by atoms with Crippen LogP contribution in [0, 0.1) is 11.3 Å². The smallest absolute Gasteiger partial charge is 0.167 e. The third-order valence-corrected chi connectivity index (χ3v) is 9.61. The number of hydrogen-bond donors (Lipinski definition) is 0. The Labute approximate surface area is 297 Å². The Morgan fingerprint density at radius 1 is 0.404 bits per heavy atom. The van der Waals surface area contributed by atoms with Crippen LogP contribution < -0.4 is 0 Å². The minimum Gasteiger partial charge on any atom is -0.456 e. The summed E-state index contributed by atoms with van der Waals surface area (Å²) in [5.41, 5.74) is 10.2. The lowest BCUT2D eigenvalue weighted by Gasteiger charge is -2.09. The molecule has 6 heteroatoms. The SMILES string of the molecule is N#Cc1cccc2c1oc1c(-c3nc(-c4ccccc4)nc(-c4ccc5c(c4)oc4cccc(-c6ccc(-c7ccccc7)cc6)c45)n3)cccc12. The van der Waals surface area contributed by atoms with Gasteiger partial charge in [0, 0.05) is 32.7 Å². The average Bonchev–Trinajstić information content (AvgIpc) is 3.80. The quantitative estimate of drug-likeness (QED) is 0.182. The molecule has 0 spiro atoms. The molecule has 7 aromatic carbocycles. The predicted molar refractivity (Wildman–Crippen MR) is 206 cm³/mol. The zero-order valence-electron chi connectivity index (χ0n) is 27.6. The average molecular weight is 667 g/mol. The van der Waals surface area contributed by atoms with Crippen molar-refractivity contribution in [2.75, 3.05) is 0 Å². The van der Waals surface area contributed by atoms with Crippen LogP contribution in [0.2, 0.25) is 0 Å². The van der Waals surface area contributed by atoms with Crippen molar-refractivity contribution >= 4 is 43.9 Å². The fraction of sp³-hybridized carbons (Fsp3) is 0. The van der Waals surface area contributed by atoms with E-state index in [0.717, 1.165) is 55.0 Å². The van der Waals surface area contributed by atoms with Gasteiger partial charge in [-0.25, -0.2) is 15.0 Å². The molecule has 0 saturated carbocycles. The first-order chi connectivity index (χ1) is 25.7. The van der Waals surface area contributed by atoms with E-state index in [0.29, 0.717) is 39.8 Å². The van der Waals surface area contributed by atoms with Gasteiger partial charge in [-0.15, -0.1) is 0 Å². The Hall–Kier alpha value is -7.36. The molecule has 10 rings (SSSR count). The highest BCUT2D eigenvalue weighted by Gasteiger charge is 2.20. The van der Waals surface area contributed by atoms with E-state index in [9.17, 15) is 5.26 Å². The van der Waals surface area contributed by atoms with Gasteiger partial charge >= 0.3 is 0 Å². The lowest BCUT2D eigenvalue weighted by atomic mass is 9.96. The third-order valence-electron chi connectivity index (χ3n) is 9.61. The molecule has 10 aromatic rings. The fourth-order valence-electron chi connectivity index (χ4n) is 7.10. The summed E-state index contributed by atoms with van der Waals surface area (Å²) in [6.07, 6.45) is 0. The van der Waals surface area contributed by atoms with Gasteiger partial charge < -0.3 is 8.83 Å². The van der Waals surface area contributed by atoms with Gasteiger partial charge in [-0.05, 0) is 52.6 Å². The van der Waals surface area contributed by atoms with Gasteiger partial charge in [-0.3, -0.25) is 0 Å². The van der Waals surface area contributed by atoms with E-state index >= 15 is 0 Å². The molecule has 0 radical (unpaired) electrons. The van der Waals surface area contributed by atoms with Gasteiger partial charge in [-0.2, -0.15) is 5.26 Å². The topological polar surface area (TPSA) is 88.7 Å². The van der Waals surface area contributed by atoms with Crippen molar-refractivity contribution in [1.82, 2.24) is 15.0 Å². The Balaban J connectivity index is 1.12. The molecule has 0 fully saturated rings. The number of nitrogens with zero attached hydrogens (tertiary/aromatic N) is 4. The number of nitriles is 1. The minimum absolute atomic E-state index is 0.470. The molecule has 0 aliphatic carbocycles. The van der Waals surface area contributed by atoms with Crippen LogP contribution in [0.15, 0.2) is 167 Å². The van der Waals surface area contributed by atoms with Crippen LogP contribution in [-0.4, -0.2) is 15.0 Å². The zero-order chi connectivity index (χ0) is 34.6. The lowest BCUT2D eigenvalue weighted by molar-refractivity contribution is 0.668. The summed E-state index contributed by atoms with van der Waals surface area (Å²) in [6.45, 7) is 0. The second-order valence-corrected chi connectivity index (χ2v) is 12.7. The normalized spacial score (nSPS) is 11.4. The minimum atomic E-state index is 0.470. The summed E-state index contributed by atoms with van der Waals surface area (Å²) < 4.78 is 12.9. The highest BCUT2D eigenvalue weighted by Crippen LogP contribution is 2.40. The van der Waals surface area contributed by atoms with E-state index in [1.54, 1.807) is 6.07 Å². The summed E-state index contributed by atoms with van der Waals surface area (Å²) in [4.78, 5) is 15.0. The largest absolute Gasteiger partial charge is 0.456 e. The van der Waals surface area contributed by atoms with Crippen LogP contribution in [0.3, 0.4) is 0 Å². The monoisotopic (exact) mass is 666 g/mol. The van der Waals surface area contributed by atoms with Gasteiger partial charge in [0.1, 0.15) is 22.8 Å². The summed E-state index contributed by atoms with van der Waals surface area (Å²) in [5.74, 6) is 1.52. The van der Waals surface area contributed by atoms with Crippen molar-refractivity contribution in [3.05, 3.63) is 163 Å². The first-order valence-electron chi connectivity index (χ1n) is 17.0. The van der Waals surface area contributed by atoms with E-state index in [-0.39, 0.29) is 0 Å². The molecule has 0 amide bonds. The molecular weight excluding hydrogens is 641 g/mol. The van der Waals surface area contributed by atoms with Crippen molar-refractivity contribution < 1.29 is 8.83 Å². The van der Waals surface area contributed by atoms with Gasteiger partial charge in [0.2, 0.25) is 0 Å². The molecule has 0 aliphatic rings. The van der Waals surface area contributed by atoms with Gasteiger partial charge in [0.25, 0.3) is 0 Å². The van der Waals surface area contributed by atoms with Crippen LogP contribution in [0.25, 0.3) is 100 Å². The first-order valence-corrected chi connectivity index (χ1v) is 17.0. The Kier molecular flexibility index (Phi) is 6.76. The molecule has 0 saturated heterocycles. The second kappa shape index (κ2) is 11.9. The maximum absolute atomic E-state index is 9.77. The van der Waals surface area contributed by atoms with Gasteiger partial charge in [-0.1, -0.05) is 127 Å². The van der Waals surface area contributed by atoms with Crippen LogP contribution in [0.5, 0.6) is 0 Å². The summed E-state index contributed by atoms with van der Waals surface area (Å²) in [7, 11) is 0. The maximum atomic E-state index is 9.77. The number of para-hydroxylation sites is 2. The Bertz CT molecular complexity index is 3010. The molecule has 52 heavy (non-hydrogen) atoms. The predicted octanol–water partition coefficient (Wildman–Crippen LogP) is 11.9. The zero-order valence-corrected chi connectivity index (χ0v) is 27.6. The Morgan fingerprint density at radius 3 is 1.77 bits per heavy atom. The number of benzene rings is 7. The molecule has 0 unspecified atom stereocenters. The van der Waals surface area contributed by atoms with Crippen molar-refractivity contribution in [2.24, 2.45) is 0 Å². The van der Waals surface area contributed by atoms with Crippen LogP contribution >= 0.6 is 0 Å². The molecule has 0 N–H and O–H groups in total. The van der Waals surface area contributed by atoms with E-state index in [1.807, 2.05) is 91.0 Å². The molecule has 0 atom stereocenters.